The third kappa shape index (κ3) is 3.09. The topological polar surface area (TPSA) is 71.8 Å². The van der Waals surface area contributed by atoms with Gasteiger partial charge in [-0.2, -0.15) is 5.10 Å². The van der Waals surface area contributed by atoms with E-state index in [2.05, 4.69) is 20.7 Å². The summed E-state index contributed by atoms with van der Waals surface area (Å²) < 4.78 is 1.61. The molecule has 0 spiro atoms. The van der Waals surface area contributed by atoms with Gasteiger partial charge in [-0.25, -0.2) is 4.98 Å². The largest absolute Gasteiger partial charge is 0.370 e. The number of anilines is 2. The zero-order valence-electron chi connectivity index (χ0n) is 11.3. The van der Waals surface area contributed by atoms with Crippen LogP contribution in [0.5, 0.6) is 0 Å². The lowest BCUT2D eigenvalue weighted by Crippen LogP contribution is -2.15. The molecule has 0 saturated heterocycles. The van der Waals surface area contributed by atoms with Crippen molar-refractivity contribution in [2.45, 2.75) is 13.8 Å². The van der Waals surface area contributed by atoms with E-state index in [1.807, 2.05) is 13.8 Å². The van der Waals surface area contributed by atoms with E-state index in [0.29, 0.717) is 17.2 Å². The first-order valence-corrected chi connectivity index (χ1v) is 6.12. The Labute approximate surface area is 111 Å². The third-order valence-corrected chi connectivity index (χ3v) is 2.64. The zero-order valence-corrected chi connectivity index (χ0v) is 11.3. The van der Waals surface area contributed by atoms with Crippen molar-refractivity contribution < 1.29 is 4.79 Å². The smallest absolute Gasteiger partial charge is 0.257 e. The number of carbonyl (C=O) groups excluding carboxylic acids is 1. The second-order valence-electron chi connectivity index (χ2n) is 4.21. The van der Waals surface area contributed by atoms with Crippen LogP contribution in [-0.4, -0.2) is 27.2 Å². The van der Waals surface area contributed by atoms with Gasteiger partial charge in [0.15, 0.2) is 0 Å². The molecule has 2 aromatic heterocycles. The monoisotopic (exact) mass is 259 g/mol. The van der Waals surface area contributed by atoms with Gasteiger partial charge in [0.1, 0.15) is 11.6 Å². The van der Waals surface area contributed by atoms with Gasteiger partial charge in [-0.05, 0) is 26.0 Å². The summed E-state index contributed by atoms with van der Waals surface area (Å²) >= 11 is 0. The molecule has 6 nitrogen and oxygen atoms in total. The van der Waals surface area contributed by atoms with Crippen molar-refractivity contribution in [2.24, 2.45) is 7.05 Å². The van der Waals surface area contributed by atoms with E-state index in [0.717, 1.165) is 12.2 Å². The van der Waals surface area contributed by atoms with Crippen LogP contribution >= 0.6 is 0 Å². The predicted molar refractivity (Wildman–Crippen MR) is 74.3 cm³/mol. The van der Waals surface area contributed by atoms with Crippen LogP contribution in [0.2, 0.25) is 0 Å². The quantitative estimate of drug-likeness (QED) is 0.878. The lowest BCUT2D eigenvalue weighted by molar-refractivity contribution is 0.102. The van der Waals surface area contributed by atoms with Crippen molar-refractivity contribution in [1.82, 2.24) is 14.8 Å². The molecule has 0 aromatic carbocycles. The minimum atomic E-state index is -0.173. The molecule has 0 fully saturated rings. The molecule has 1 amide bonds. The third-order valence-electron chi connectivity index (χ3n) is 2.64. The molecular weight excluding hydrogens is 242 g/mol. The Morgan fingerprint density at radius 1 is 1.42 bits per heavy atom. The van der Waals surface area contributed by atoms with Gasteiger partial charge in [-0.1, -0.05) is 0 Å². The average molecular weight is 259 g/mol. The molecule has 0 aliphatic carbocycles. The van der Waals surface area contributed by atoms with Gasteiger partial charge in [0.2, 0.25) is 0 Å². The molecule has 6 heteroatoms. The molecule has 0 unspecified atom stereocenters. The van der Waals surface area contributed by atoms with E-state index in [-0.39, 0.29) is 5.91 Å². The van der Waals surface area contributed by atoms with Crippen molar-refractivity contribution in [3.63, 3.8) is 0 Å². The fraction of sp³-hybridized carbons (Fsp3) is 0.308. The molecule has 2 rings (SSSR count). The molecule has 100 valence electrons. The van der Waals surface area contributed by atoms with Crippen LogP contribution in [0, 0.1) is 6.92 Å². The number of pyridine rings is 1. The molecule has 19 heavy (non-hydrogen) atoms. The molecule has 2 aromatic rings. The summed E-state index contributed by atoms with van der Waals surface area (Å²) in [5, 5.41) is 9.92. The van der Waals surface area contributed by atoms with E-state index < -0.39 is 0 Å². The molecule has 0 aliphatic rings. The van der Waals surface area contributed by atoms with Gasteiger partial charge in [0.05, 0.1) is 6.20 Å². The Bertz CT molecular complexity index is 590. The molecular formula is C13H17N5O. The zero-order chi connectivity index (χ0) is 13.8. The first-order valence-electron chi connectivity index (χ1n) is 6.12. The van der Waals surface area contributed by atoms with Gasteiger partial charge >= 0.3 is 0 Å². The fourth-order valence-electron chi connectivity index (χ4n) is 1.76. The number of carbonyl (C=O) groups is 1. The molecule has 0 bridgehead atoms. The summed E-state index contributed by atoms with van der Waals surface area (Å²) in [7, 11) is 1.78. The van der Waals surface area contributed by atoms with Crippen LogP contribution < -0.4 is 10.6 Å². The molecule has 2 N–H and O–H groups in total. The second kappa shape index (κ2) is 5.51. The van der Waals surface area contributed by atoms with E-state index in [4.69, 9.17) is 0 Å². The maximum atomic E-state index is 12.2. The van der Waals surface area contributed by atoms with Gasteiger partial charge in [-0.3, -0.25) is 9.48 Å². The standard InChI is InChI=1S/C13H17N5O/c1-4-14-11-8-10(7-9(2)16-11)13(19)17-12-5-6-15-18(12)3/h5-8H,4H2,1-3H3,(H,14,16)(H,17,19). The highest BCUT2D eigenvalue weighted by molar-refractivity contribution is 6.04. The Kier molecular flexibility index (Phi) is 3.79. The number of nitrogens with zero attached hydrogens (tertiary/aromatic N) is 3. The van der Waals surface area contributed by atoms with Crippen LogP contribution in [0.3, 0.4) is 0 Å². The number of aromatic nitrogens is 3. The van der Waals surface area contributed by atoms with Crippen molar-refractivity contribution in [3.05, 3.63) is 35.7 Å². The number of hydrogen-bond donors (Lipinski definition) is 2. The Morgan fingerprint density at radius 3 is 2.84 bits per heavy atom. The second-order valence-corrected chi connectivity index (χ2v) is 4.21. The van der Waals surface area contributed by atoms with Gasteiger partial charge in [0.25, 0.3) is 5.91 Å². The van der Waals surface area contributed by atoms with Crippen LogP contribution in [0.4, 0.5) is 11.6 Å². The Morgan fingerprint density at radius 2 is 2.21 bits per heavy atom. The van der Waals surface area contributed by atoms with Crippen molar-refractivity contribution >= 4 is 17.5 Å². The van der Waals surface area contributed by atoms with E-state index in [1.165, 1.54) is 0 Å². The van der Waals surface area contributed by atoms with Crippen molar-refractivity contribution in [2.75, 3.05) is 17.2 Å². The summed E-state index contributed by atoms with van der Waals surface area (Å²) in [6.07, 6.45) is 1.64. The summed E-state index contributed by atoms with van der Waals surface area (Å²) in [5.41, 5.74) is 1.37. The maximum absolute atomic E-state index is 12.2. The van der Waals surface area contributed by atoms with Crippen molar-refractivity contribution in [3.8, 4) is 0 Å². The lowest BCUT2D eigenvalue weighted by Gasteiger charge is -2.08. The van der Waals surface area contributed by atoms with Gasteiger partial charge in [0, 0.05) is 30.9 Å². The Balaban J connectivity index is 2.21. The summed E-state index contributed by atoms with van der Waals surface area (Å²) in [4.78, 5) is 16.5. The first-order chi connectivity index (χ1) is 9.10. The Hall–Kier alpha value is -2.37. The van der Waals surface area contributed by atoms with E-state index in [1.54, 1.807) is 36.1 Å². The SMILES string of the molecule is CCNc1cc(C(=O)Nc2ccnn2C)cc(C)n1. The van der Waals surface area contributed by atoms with E-state index in [9.17, 15) is 4.79 Å². The number of amides is 1. The van der Waals surface area contributed by atoms with Gasteiger partial charge < -0.3 is 10.6 Å². The number of hydrogen-bond acceptors (Lipinski definition) is 4. The molecule has 2 heterocycles. The fourth-order valence-corrected chi connectivity index (χ4v) is 1.76. The summed E-state index contributed by atoms with van der Waals surface area (Å²) in [6, 6.07) is 5.24. The average Bonchev–Trinajstić information content (AvgIpc) is 2.75. The highest BCUT2D eigenvalue weighted by Gasteiger charge is 2.10. The minimum Gasteiger partial charge on any atom is -0.370 e. The molecule has 0 atom stereocenters. The van der Waals surface area contributed by atoms with E-state index >= 15 is 0 Å². The number of nitrogens with one attached hydrogen (secondary N) is 2. The summed E-state index contributed by atoms with van der Waals surface area (Å²) in [5.74, 6) is 1.19. The lowest BCUT2D eigenvalue weighted by atomic mass is 10.2. The minimum absolute atomic E-state index is 0.173. The number of rotatable bonds is 4. The first kappa shape index (κ1) is 13.1. The normalized spacial score (nSPS) is 10.3. The van der Waals surface area contributed by atoms with Crippen LogP contribution in [0.1, 0.15) is 23.0 Å². The predicted octanol–water partition coefficient (Wildman–Crippen LogP) is 1.81. The number of aryl methyl sites for hydroxylation is 2. The highest BCUT2D eigenvalue weighted by Crippen LogP contribution is 2.12. The van der Waals surface area contributed by atoms with Gasteiger partial charge in [-0.15, -0.1) is 0 Å². The maximum Gasteiger partial charge on any atom is 0.257 e. The van der Waals surface area contributed by atoms with Crippen LogP contribution in [0.25, 0.3) is 0 Å². The van der Waals surface area contributed by atoms with Crippen LogP contribution in [-0.2, 0) is 7.05 Å². The summed E-state index contributed by atoms with van der Waals surface area (Å²) in [6.45, 7) is 4.61. The molecule has 0 aliphatic heterocycles. The molecule has 0 saturated carbocycles. The van der Waals surface area contributed by atoms with Crippen LogP contribution in [0.15, 0.2) is 24.4 Å². The molecule has 0 radical (unpaired) electrons. The van der Waals surface area contributed by atoms with Crippen molar-refractivity contribution in [1.29, 1.82) is 0 Å². The highest BCUT2D eigenvalue weighted by atomic mass is 16.1.